The summed E-state index contributed by atoms with van der Waals surface area (Å²) in [5, 5.41) is 3.91. The van der Waals surface area contributed by atoms with Crippen LogP contribution >= 0.6 is 0 Å². The molecule has 1 unspecified atom stereocenters. The van der Waals surface area contributed by atoms with Crippen LogP contribution in [0.25, 0.3) is 0 Å². The monoisotopic (exact) mass is 271 g/mol. The van der Waals surface area contributed by atoms with Crippen LogP contribution in [0.2, 0.25) is 0 Å². The molecule has 1 aromatic carbocycles. The van der Waals surface area contributed by atoms with Crippen molar-refractivity contribution < 1.29 is 0 Å². The highest BCUT2D eigenvalue weighted by molar-refractivity contribution is 5.19. The fourth-order valence-electron chi connectivity index (χ4n) is 3.54. The second kappa shape index (κ2) is 6.30. The van der Waals surface area contributed by atoms with Gasteiger partial charge >= 0.3 is 0 Å². The van der Waals surface area contributed by atoms with Gasteiger partial charge in [-0.25, -0.2) is 0 Å². The Labute approximate surface area is 124 Å². The van der Waals surface area contributed by atoms with Gasteiger partial charge in [0.1, 0.15) is 0 Å². The van der Waals surface area contributed by atoms with Crippen LogP contribution in [-0.2, 0) is 0 Å². The number of rotatable bonds is 8. The summed E-state index contributed by atoms with van der Waals surface area (Å²) in [6.07, 6.45) is 7.20. The maximum atomic E-state index is 3.91. The van der Waals surface area contributed by atoms with Crippen LogP contribution in [0.1, 0.15) is 57.6 Å². The summed E-state index contributed by atoms with van der Waals surface area (Å²) in [4.78, 5) is 0. The van der Waals surface area contributed by atoms with Gasteiger partial charge < -0.3 is 5.32 Å². The molecule has 1 atom stereocenters. The molecule has 1 heteroatoms. The van der Waals surface area contributed by atoms with Gasteiger partial charge in [-0.15, -0.1) is 0 Å². The number of nitrogens with one attached hydrogen (secondary N) is 1. The lowest BCUT2D eigenvalue weighted by Crippen LogP contribution is -2.30. The minimum Gasteiger partial charge on any atom is -0.310 e. The Morgan fingerprint density at radius 2 is 1.60 bits per heavy atom. The van der Waals surface area contributed by atoms with E-state index in [1.807, 2.05) is 0 Å². The van der Waals surface area contributed by atoms with E-state index in [1.54, 1.807) is 0 Å². The van der Waals surface area contributed by atoms with Gasteiger partial charge in [-0.2, -0.15) is 0 Å². The van der Waals surface area contributed by atoms with E-state index in [-0.39, 0.29) is 0 Å². The van der Waals surface area contributed by atoms with Gasteiger partial charge in [-0.05, 0) is 67.9 Å². The van der Waals surface area contributed by atoms with Gasteiger partial charge in [0.2, 0.25) is 0 Å². The summed E-state index contributed by atoms with van der Waals surface area (Å²) < 4.78 is 0. The first-order valence-corrected chi connectivity index (χ1v) is 8.52. The average Bonchev–Trinajstić information content (AvgIpc) is 3.31. The second-order valence-corrected chi connectivity index (χ2v) is 7.34. The Morgan fingerprint density at radius 3 is 2.10 bits per heavy atom. The van der Waals surface area contributed by atoms with E-state index in [4.69, 9.17) is 0 Å². The van der Waals surface area contributed by atoms with Crippen molar-refractivity contribution in [3.8, 4) is 0 Å². The first-order chi connectivity index (χ1) is 9.74. The molecule has 2 saturated carbocycles. The molecule has 0 radical (unpaired) electrons. The Hall–Kier alpha value is -0.820. The van der Waals surface area contributed by atoms with Crippen LogP contribution in [0.15, 0.2) is 30.3 Å². The lowest BCUT2D eigenvalue weighted by atomic mass is 9.94. The predicted molar refractivity (Wildman–Crippen MR) is 85.6 cm³/mol. The van der Waals surface area contributed by atoms with E-state index in [0.29, 0.717) is 6.04 Å². The van der Waals surface area contributed by atoms with Crippen molar-refractivity contribution in [1.82, 2.24) is 5.32 Å². The minimum atomic E-state index is 0.538. The Bertz CT molecular complexity index is 391. The molecule has 0 heterocycles. The first kappa shape index (κ1) is 14.1. The highest BCUT2D eigenvalue weighted by Gasteiger charge is 2.41. The molecule has 1 N–H and O–H groups in total. The normalized spacial score (nSPS) is 20.6. The Balaban J connectivity index is 1.60. The fraction of sp³-hybridized carbons (Fsp3) is 0.684. The molecule has 2 aliphatic rings. The Morgan fingerprint density at radius 1 is 1.00 bits per heavy atom. The van der Waals surface area contributed by atoms with Crippen LogP contribution < -0.4 is 5.32 Å². The molecule has 20 heavy (non-hydrogen) atoms. The number of hydrogen-bond acceptors (Lipinski definition) is 1. The van der Waals surface area contributed by atoms with Crippen molar-refractivity contribution in [3.63, 3.8) is 0 Å². The van der Waals surface area contributed by atoms with Crippen molar-refractivity contribution in [2.45, 2.75) is 52.0 Å². The quantitative estimate of drug-likeness (QED) is 0.716. The van der Waals surface area contributed by atoms with E-state index >= 15 is 0 Å². The third kappa shape index (κ3) is 3.85. The van der Waals surface area contributed by atoms with E-state index in [9.17, 15) is 0 Å². The van der Waals surface area contributed by atoms with Crippen LogP contribution in [0.4, 0.5) is 0 Å². The minimum absolute atomic E-state index is 0.538. The molecule has 0 bridgehead atoms. The topological polar surface area (TPSA) is 12.0 Å². The van der Waals surface area contributed by atoms with E-state index in [0.717, 1.165) is 23.7 Å². The number of benzene rings is 1. The summed E-state index contributed by atoms with van der Waals surface area (Å²) in [5.41, 5.74) is 1.46. The highest BCUT2D eigenvalue weighted by Crippen LogP contribution is 2.49. The largest absolute Gasteiger partial charge is 0.310 e. The summed E-state index contributed by atoms with van der Waals surface area (Å²) in [5.74, 6) is 3.80. The molecule has 0 aliphatic heterocycles. The summed E-state index contributed by atoms with van der Waals surface area (Å²) >= 11 is 0. The number of hydrogen-bond donors (Lipinski definition) is 1. The zero-order valence-corrected chi connectivity index (χ0v) is 13.0. The van der Waals surface area contributed by atoms with Gasteiger partial charge in [-0.1, -0.05) is 44.2 Å². The lowest BCUT2D eigenvalue weighted by molar-refractivity contribution is 0.336. The molecule has 2 fully saturated rings. The third-order valence-corrected chi connectivity index (χ3v) is 4.96. The van der Waals surface area contributed by atoms with E-state index in [1.165, 1.54) is 44.2 Å². The van der Waals surface area contributed by atoms with Crippen molar-refractivity contribution in [1.29, 1.82) is 0 Å². The molecule has 0 aromatic heterocycles. The molecule has 1 nitrogen and oxygen atoms in total. The van der Waals surface area contributed by atoms with Crippen molar-refractivity contribution in [2.24, 2.45) is 23.7 Å². The molecular formula is C19H29N. The van der Waals surface area contributed by atoms with E-state index < -0.39 is 0 Å². The molecule has 0 amide bonds. The summed E-state index contributed by atoms with van der Waals surface area (Å²) in [6, 6.07) is 11.6. The maximum absolute atomic E-state index is 3.91. The molecular weight excluding hydrogens is 242 g/mol. The maximum Gasteiger partial charge on any atom is 0.0322 e. The van der Waals surface area contributed by atoms with Gasteiger partial charge in [-0.3, -0.25) is 0 Å². The lowest BCUT2D eigenvalue weighted by Gasteiger charge is -2.25. The van der Waals surface area contributed by atoms with Crippen LogP contribution in [-0.4, -0.2) is 6.54 Å². The fourth-order valence-corrected chi connectivity index (χ4v) is 3.54. The summed E-state index contributed by atoms with van der Waals surface area (Å²) in [7, 11) is 0. The zero-order valence-electron chi connectivity index (χ0n) is 13.0. The van der Waals surface area contributed by atoms with Crippen molar-refractivity contribution in [3.05, 3.63) is 35.9 Å². The smallest absolute Gasteiger partial charge is 0.0322 e. The first-order valence-electron chi connectivity index (χ1n) is 8.52. The molecule has 2 aliphatic carbocycles. The standard InChI is InChI=1S/C19H29N/c1-14(2)12-19(17-6-4-3-5-7-17)20-13-18(15-8-9-15)16-10-11-16/h3-7,14-16,18-20H,8-13H2,1-2H3. The van der Waals surface area contributed by atoms with Gasteiger partial charge in [0.15, 0.2) is 0 Å². The van der Waals surface area contributed by atoms with Crippen molar-refractivity contribution >= 4 is 0 Å². The van der Waals surface area contributed by atoms with E-state index in [2.05, 4.69) is 49.5 Å². The van der Waals surface area contributed by atoms with Gasteiger partial charge in [0, 0.05) is 6.04 Å². The molecule has 110 valence electrons. The SMILES string of the molecule is CC(C)CC(NCC(C1CC1)C1CC1)c1ccccc1. The second-order valence-electron chi connectivity index (χ2n) is 7.34. The van der Waals surface area contributed by atoms with Crippen LogP contribution in [0.5, 0.6) is 0 Å². The van der Waals surface area contributed by atoms with Gasteiger partial charge in [0.05, 0.1) is 0 Å². The molecule has 0 spiro atoms. The molecule has 0 saturated heterocycles. The van der Waals surface area contributed by atoms with Crippen LogP contribution in [0.3, 0.4) is 0 Å². The third-order valence-electron chi connectivity index (χ3n) is 4.96. The highest BCUT2D eigenvalue weighted by atomic mass is 14.9. The Kier molecular flexibility index (Phi) is 4.45. The molecule has 3 rings (SSSR count). The zero-order chi connectivity index (χ0) is 13.9. The molecule has 1 aromatic rings. The predicted octanol–water partition coefficient (Wildman–Crippen LogP) is 4.80. The van der Waals surface area contributed by atoms with Gasteiger partial charge in [0.25, 0.3) is 0 Å². The summed E-state index contributed by atoms with van der Waals surface area (Å²) in [6.45, 7) is 5.90. The van der Waals surface area contributed by atoms with Crippen LogP contribution in [0, 0.1) is 23.7 Å². The average molecular weight is 271 g/mol. The van der Waals surface area contributed by atoms with Crippen molar-refractivity contribution in [2.75, 3.05) is 6.54 Å².